The Balaban J connectivity index is 2.13. The molecule has 0 saturated heterocycles. The van der Waals surface area contributed by atoms with E-state index in [1.165, 1.54) is 27.7 Å². The van der Waals surface area contributed by atoms with Crippen molar-refractivity contribution in [3.8, 4) is 0 Å². The standard InChI is InChI=1S/C23H31N3/c1-15(2)17-12-10-13-18(16(3)4)21(17)24-23(5,6)22-19-11-8-9-14-20(19)26(7)25-22/h8-16,24H,1-7H3. The van der Waals surface area contributed by atoms with Gasteiger partial charge in [0.15, 0.2) is 0 Å². The second kappa shape index (κ2) is 6.79. The number of fused-ring (bicyclic) bond motifs is 1. The summed E-state index contributed by atoms with van der Waals surface area (Å²) in [6.07, 6.45) is 0. The van der Waals surface area contributed by atoms with Crippen LogP contribution in [0.1, 0.15) is 70.2 Å². The highest BCUT2D eigenvalue weighted by molar-refractivity contribution is 5.83. The van der Waals surface area contributed by atoms with Crippen molar-refractivity contribution in [2.75, 3.05) is 5.32 Å². The molecule has 0 fully saturated rings. The molecule has 0 unspecified atom stereocenters. The number of benzene rings is 2. The van der Waals surface area contributed by atoms with E-state index in [4.69, 9.17) is 5.10 Å². The van der Waals surface area contributed by atoms with Gasteiger partial charge >= 0.3 is 0 Å². The zero-order valence-electron chi connectivity index (χ0n) is 17.1. The van der Waals surface area contributed by atoms with Gasteiger partial charge in [0.25, 0.3) is 0 Å². The van der Waals surface area contributed by atoms with Gasteiger partial charge in [-0.05, 0) is 42.9 Å². The Bertz CT molecular complexity index is 890. The van der Waals surface area contributed by atoms with Crippen molar-refractivity contribution in [2.45, 2.75) is 58.9 Å². The van der Waals surface area contributed by atoms with Crippen molar-refractivity contribution in [2.24, 2.45) is 7.05 Å². The summed E-state index contributed by atoms with van der Waals surface area (Å²) in [6, 6.07) is 15.1. The zero-order valence-corrected chi connectivity index (χ0v) is 17.1. The molecule has 1 N–H and O–H groups in total. The number of nitrogens with one attached hydrogen (secondary N) is 1. The number of nitrogens with zero attached hydrogens (tertiary/aromatic N) is 2. The van der Waals surface area contributed by atoms with Crippen LogP contribution in [0, 0.1) is 0 Å². The fourth-order valence-corrected chi connectivity index (χ4v) is 3.74. The molecule has 0 saturated carbocycles. The van der Waals surface area contributed by atoms with Crippen molar-refractivity contribution in [1.82, 2.24) is 9.78 Å². The molecular formula is C23H31N3. The molecule has 2 aromatic carbocycles. The Morgan fingerprint density at radius 3 is 2.04 bits per heavy atom. The Morgan fingerprint density at radius 1 is 0.885 bits per heavy atom. The third-order valence-electron chi connectivity index (χ3n) is 5.16. The van der Waals surface area contributed by atoms with Crippen LogP contribution in [0.15, 0.2) is 42.5 Å². The number of rotatable bonds is 5. The predicted molar refractivity (Wildman–Crippen MR) is 112 cm³/mol. The molecule has 26 heavy (non-hydrogen) atoms. The first-order chi connectivity index (χ1) is 12.2. The lowest BCUT2D eigenvalue weighted by Gasteiger charge is -2.31. The highest BCUT2D eigenvalue weighted by Gasteiger charge is 2.29. The van der Waals surface area contributed by atoms with Crippen molar-refractivity contribution in [3.05, 3.63) is 59.3 Å². The van der Waals surface area contributed by atoms with Crippen LogP contribution in [0.25, 0.3) is 10.9 Å². The van der Waals surface area contributed by atoms with Crippen molar-refractivity contribution < 1.29 is 0 Å². The molecule has 0 aliphatic heterocycles. The van der Waals surface area contributed by atoms with Gasteiger partial charge in [0.1, 0.15) is 0 Å². The van der Waals surface area contributed by atoms with E-state index in [0.717, 1.165) is 5.69 Å². The zero-order chi connectivity index (χ0) is 19.1. The van der Waals surface area contributed by atoms with Gasteiger partial charge < -0.3 is 5.32 Å². The van der Waals surface area contributed by atoms with E-state index in [1.807, 2.05) is 11.7 Å². The lowest BCUT2D eigenvalue weighted by molar-refractivity contribution is 0.571. The molecule has 3 heteroatoms. The molecule has 3 nitrogen and oxygen atoms in total. The van der Waals surface area contributed by atoms with Crippen LogP contribution in [-0.2, 0) is 12.6 Å². The molecule has 0 radical (unpaired) electrons. The van der Waals surface area contributed by atoms with E-state index in [1.54, 1.807) is 0 Å². The van der Waals surface area contributed by atoms with E-state index >= 15 is 0 Å². The third-order valence-corrected chi connectivity index (χ3v) is 5.16. The maximum Gasteiger partial charge on any atom is 0.0951 e. The Morgan fingerprint density at radius 2 is 1.46 bits per heavy atom. The molecule has 3 rings (SSSR count). The summed E-state index contributed by atoms with van der Waals surface area (Å²) in [5, 5.41) is 9.93. The molecule has 1 heterocycles. The minimum Gasteiger partial charge on any atom is -0.374 e. The first kappa shape index (κ1) is 18.5. The second-order valence-electron chi connectivity index (χ2n) is 8.36. The predicted octanol–water partition coefficient (Wildman–Crippen LogP) is 6.17. The van der Waals surface area contributed by atoms with Crippen molar-refractivity contribution in [3.63, 3.8) is 0 Å². The van der Waals surface area contributed by atoms with Crippen LogP contribution in [0.3, 0.4) is 0 Å². The van der Waals surface area contributed by atoms with E-state index in [0.29, 0.717) is 11.8 Å². The first-order valence-corrected chi connectivity index (χ1v) is 9.55. The number of para-hydroxylation sites is 2. The average molecular weight is 350 g/mol. The number of hydrogen-bond donors (Lipinski definition) is 1. The van der Waals surface area contributed by atoms with Gasteiger partial charge in [0.05, 0.1) is 16.7 Å². The highest BCUT2D eigenvalue weighted by atomic mass is 15.3. The Hall–Kier alpha value is -2.29. The third kappa shape index (κ3) is 3.23. The number of aromatic nitrogens is 2. The van der Waals surface area contributed by atoms with Crippen LogP contribution in [0.4, 0.5) is 5.69 Å². The minimum absolute atomic E-state index is 0.282. The van der Waals surface area contributed by atoms with Gasteiger partial charge in [-0.2, -0.15) is 5.10 Å². The lowest BCUT2D eigenvalue weighted by atomic mass is 9.89. The number of aryl methyl sites for hydroxylation is 1. The summed E-state index contributed by atoms with van der Waals surface area (Å²) in [6.45, 7) is 13.5. The van der Waals surface area contributed by atoms with E-state index in [-0.39, 0.29) is 5.54 Å². The smallest absolute Gasteiger partial charge is 0.0951 e. The second-order valence-corrected chi connectivity index (χ2v) is 8.36. The van der Waals surface area contributed by atoms with E-state index < -0.39 is 0 Å². The van der Waals surface area contributed by atoms with Gasteiger partial charge in [0.2, 0.25) is 0 Å². The SMILES string of the molecule is CC(C)c1cccc(C(C)C)c1NC(C)(C)c1nn(C)c2ccccc12. The molecule has 0 spiro atoms. The van der Waals surface area contributed by atoms with Gasteiger partial charge in [-0.25, -0.2) is 0 Å². The summed E-state index contributed by atoms with van der Waals surface area (Å²) < 4.78 is 1.98. The molecule has 3 aromatic rings. The molecule has 0 aliphatic carbocycles. The van der Waals surface area contributed by atoms with E-state index in [9.17, 15) is 0 Å². The van der Waals surface area contributed by atoms with E-state index in [2.05, 4.69) is 89.3 Å². The van der Waals surface area contributed by atoms with Crippen molar-refractivity contribution in [1.29, 1.82) is 0 Å². The summed E-state index contributed by atoms with van der Waals surface area (Å²) in [7, 11) is 2.02. The Kier molecular flexibility index (Phi) is 4.83. The molecule has 0 aliphatic rings. The van der Waals surface area contributed by atoms with Crippen molar-refractivity contribution >= 4 is 16.6 Å². The first-order valence-electron chi connectivity index (χ1n) is 9.55. The number of anilines is 1. The van der Waals surface area contributed by atoms with Crippen LogP contribution in [-0.4, -0.2) is 9.78 Å². The normalized spacial score (nSPS) is 12.3. The summed E-state index contributed by atoms with van der Waals surface area (Å²) >= 11 is 0. The minimum atomic E-state index is -0.282. The Labute approximate surface area is 157 Å². The van der Waals surface area contributed by atoms with Crippen LogP contribution >= 0.6 is 0 Å². The summed E-state index contributed by atoms with van der Waals surface area (Å²) in [5.74, 6) is 0.931. The molecular weight excluding hydrogens is 318 g/mol. The molecule has 0 bridgehead atoms. The molecule has 1 aromatic heterocycles. The van der Waals surface area contributed by atoms with Gasteiger partial charge in [0, 0.05) is 18.1 Å². The quantitative estimate of drug-likeness (QED) is 0.597. The summed E-state index contributed by atoms with van der Waals surface area (Å²) in [5.41, 5.74) is 5.96. The van der Waals surface area contributed by atoms with Gasteiger partial charge in [-0.1, -0.05) is 64.1 Å². The topological polar surface area (TPSA) is 29.9 Å². The number of hydrogen-bond acceptors (Lipinski definition) is 2. The van der Waals surface area contributed by atoms with Crippen LogP contribution < -0.4 is 5.32 Å². The lowest BCUT2D eigenvalue weighted by Crippen LogP contribution is -2.30. The fraction of sp³-hybridized carbons (Fsp3) is 0.435. The fourth-order valence-electron chi connectivity index (χ4n) is 3.74. The average Bonchev–Trinajstić information content (AvgIpc) is 2.92. The van der Waals surface area contributed by atoms with Crippen LogP contribution in [0.2, 0.25) is 0 Å². The van der Waals surface area contributed by atoms with Crippen LogP contribution in [0.5, 0.6) is 0 Å². The largest absolute Gasteiger partial charge is 0.374 e. The van der Waals surface area contributed by atoms with Gasteiger partial charge in [-0.3, -0.25) is 4.68 Å². The molecule has 0 amide bonds. The highest BCUT2D eigenvalue weighted by Crippen LogP contribution is 2.37. The maximum atomic E-state index is 4.86. The van der Waals surface area contributed by atoms with Gasteiger partial charge in [-0.15, -0.1) is 0 Å². The summed E-state index contributed by atoms with van der Waals surface area (Å²) in [4.78, 5) is 0. The molecule has 138 valence electrons. The monoisotopic (exact) mass is 349 g/mol. The maximum absolute atomic E-state index is 4.86. The molecule has 0 atom stereocenters.